The highest BCUT2D eigenvalue weighted by Crippen LogP contribution is 2.06. The van der Waals surface area contributed by atoms with Crippen LogP contribution < -0.4 is 10.2 Å². The number of methoxy groups -OCH3 is 1. The van der Waals surface area contributed by atoms with E-state index in [1.54, 1.807) is 31.4 Å². The van der Waals surface area contributed by atoms with Crippen molar-refractivity contribution in [2.45, 2.75) is 0 Å². The second-order valence-corrected chi connectivity index (χ2v) is 2.75. The summed E-state index contributed by atoms with van der Waals surface area (Å²) < 4.78 is 10.1. The van der Waals surface area contributed by atoms with Crippen molar-refractivity contribution in [1.29, 1.82) is 0 Å². The average Bonchev–Trinajstić information content (AvgIpc) is 2.19. The summed E-state index contributed by atoms with van der Waals surface area (Å²) in [5, 5.41) is 18.0. The molecule has 14 heavy (non-hydrogen) atoms. The van der Waals surface area contributed by atoms with Crippen molar-refractivity contribution in [3.8, 4) is 5.75 Å². The van der Waals surface area contributed by atoms with Crippen molar-refractivity contribution in [3.05, 3.63) is 24.3 Å². The highest BCUT2D eigenvalue weighted by atomic mass is 16.5. The molecule has 0 amide bonds. The van der Waals surface area contributed by atoms with Gasteiger partial charge in [-0.05, 0) is 6.07 Å². The van der Waals surface area contributed by atoms with Gasteiger partial charge in [0.1, 0.15) is 12.4 Å². The smallest absolute Gasteiger partial charge is 0.492 e. The third-order valence-electron chi connectivity index (χ3n) is 1.74. The van der Waals surface area contributed by atoms with E-state index in [4.69, 9.17) is 19.5 Å². The molecule has 0 aliphatic rings. The van der Waals surface area contributed by atoms with Gasteiger partial charge in [0.15, 0.2) is 0 Å². The molecule has 0 spiro atoms. The molecule has 0 heterocycles. The topological polar surface area (TPSA) is 58.9 Å². The minimum absolute atomic E-state index is 0.364. The first-order valence-corrected chi connectivity index (χ1v) is 4.32. The predicted octanol–water partition coefficient (Wildman–Crippen LogP) is -0.608. The fourth-order valence-corrected chi connectivity index (χ4v) is 1.06. The van der Waals surface area contributed by atoms with E-state index in [1.807, 2.05) is 0 Å². The summed E-state index contributed by atoms with van der Waals surface area (Å²) in [4.78, 5) is 0. The quantitative estimate of drug-likeness (QED) is 0.487. The lowest BCUT2D eigenvalue weighted by Crippen LogP contribution is -2.31. The average molecular weight is 196 g/mol. The summed E-state index contributed by atoms with van der Waals surface area (Å²) in [6.07, 6.45) is 0. The van der Waals surface area contributed by atoms with Gasteiger partial charge in [-0.2, -0.15) is 0 Å². The predicted molar refractivity (Wildman–Crippen MR) is 53.6 cm³/mol. The Balaban J connectivity index is 2.64. The third-order valence-corrected chi connectivity index (χ3v) is 1.74. The van der Waals surface area contributed by atoms with E-state index < -0.39 is 7.12 Å². The molecule has 4 nitrogen and oxygen atoms in total. The van der Waals surface area contributed by atoms with Crippen molar-refractivity contribution in [2.75, 3.05) is 20.3 Å². The lowest BCUT2D eigenvalue weighted by molar-refractivity contribution is 0.146. The number of hydrogen-bond donors (Lipinski definition) is 2. The van der Waals surface area contributed by atoms with Crippen LogP contribution in [0.2, 0.25) is 0 Å². The van der Waals surface area contributed by atoms with E-state index in [0.29, 0.717) is 24.4 Å². The Bertz CT molecular complexity index is 277. The molecule has 0 fully saturated rings. The maximum absolute atomic E-state index is 9.01. The molecule has 0 saturated carbocycles. The Labute approximate surface area is 83.2 Å². The van der Waals surface area contributed by atoms with Gasteiger partial charge in [-0.15, -0.1) is 0 Å². The van der Waals surface area contributed by atoms with E-state index in [2.05, 4.69) is 0 Å². The zero-order chi connectivity index (χ0) is 10.4. The van der Waals surface area contributed by atoms with Gasteiger partial charge in [-0.3, -0.25) is 0 Å². The number of ether oxygens (including phenoxy) is 2. The fraction of sp³-hybridized carbons (Fsp3) is 0.333. The van der Waals surface area contributed by atoms with E-state index >= 15 is 0 Å². The fourth-order valence-electron chi connectivity index (χ4n) is 1.06. The van der Waals surface area contributed by atoms with Crippen molar-refractivity contribution in [1.82, 2.24) is 0 Å². The van der Waals surface area contributed by atoms with E-state index in [0.717, 1.165) is 0 Å². The Morgan fingerprint density at radius 1 is 1.21 bits per heavy atom. The Morgan fingerprint density at radius 3 is 2.57 bits per heavy atom. The second-order valence-electron chi connectivity index (χ2n) is 2.75. The lowest BCUT2D eigenvalue weighted by Gasteiger charge is -2.09. The third kappa shape index (κ3) is 3.03. The largest absolute Gasteiger partial charge is 0.492 e. The summed E-state index contributed by atoms with van der Waals surface area (Å²) in [5.41, 5.74) is 0.364. The van der Waals surface area contributed by atoms with Crippen molar-refractivity contribution in [3.63, 3.8) is 0 Å². The summed E-state index contributed by atoms with van der Waals surface area (Å²) in [6.45, 7) is 0.857. The van der Waals surface area contributed by atoms with Crippen LogP contribution in [-0.4, -0.2) is 37.5 Å². The maximum Gasteiger partial charge on any atom is 0.492 e. The van der Waals surface area contributed by atoms with Gasteiger partial charge in [0.25, 0.3) is 0 Å². The van der Waals surface area contributed by atoms with Crippen LogP contribution in [0.1, 0.15) is 0 Å². The summed E-state index contributed by atoms with van der Waals surface area (Å²) in [6, 6.07) is 6.78. The van der Waals surface area contributed by atoms with Gasteiger partial charge >= 0.3 is 7.12 Å². The molecule has 0 aromatic heterocycles. The van der Waals surface area contributed by atoms with Crippen molar-refractivity contribution in [2.24, 2.45) is 0 Å². The standard InChI is InChI=1S/C9H13BO4/c1-13-6-7-14-9-5-3-2-4-8(9)10(11)12/h2-5,11-12H,6-7H2,1H3. The highest BCUT2D eigenvalue weighted by molar-refractivity contribution is 6.59. The van der Waals surface area contributed by atoms with Crippen LogP contribution in [0.5, 0.6) is 5.75 Å². The van der Waals surface area contributed by atoms with E-state index in [-0.39, 0.29) is 0 Å². The molecule has 1 rings (SSSR count). The molecule has 0 unspecified atom stereocenters. The Hall–Kier alpha value is -1.04. The maximum atomic E-state index is 9.01. The Kier molecular flexibility index (Phi) is 4.45. The van der Waals surface area contributed by atoms with E-state index in [9.17, 15) is 0 Å². The van der Waals surface area contributed by atoms with Crippen molar-refractivity contribution >= 4 is 12.6 Å². The van der Waals surface area contributed by atoms with E-state index in [1.165, 1.54) is 0 Å². The number of hydrogen-bond acceptors (Lipinski definition) is 4. The van der Waals surface area contributed by atoms with Crippen LogP contribution >= 0.6 is 0 Å². The molecular formula is C9H13BO4. The highest BCUT2D eigenvalue weighted by Gasteiger charge is 2.15. The number of benzene rings is 1. The van der Waals surface area contributed by atoms with Gasteiger partial charge in [0.2, 0.25) is 0 Å². The second kappa shape index (κ2) is 5.64. The molecular weight excluding hydrogens is 183 g/mol. The first-order valence-electron chi connectivity index (χ1n) is 4.32. The zero-order valence-electron chi connectivity index (χ0n) is 8.01. The monoisotopic (exact) mass is 196 g/mol. The van der Waals surface area contributed by atoms with Crippen LogP contribution in [0, 0.1) is 0 Å². The SMILES string of the molecule is COCCOc1ccccc1B(O)O. The first-order chi connectivity index (χ1) is 6.75. The van der Waals surface area contributed by atoms with Crippen molar-refractivity contribution < 1.29 is 19.5 Å². The summed E-state index contributed by atoms with van der Waals surface area (Å²) in [5.74, 6) is 0.472. The molecule has 0 radical (unpaired) electrons. The van der Waals surface area contributed by atoms with Gasteiger partial charge < -0.3 is 19.5 Å². The minimum atomic E-state index is -1.51. The number of rotatable bonds is 5. The molecule has 0 saturated heterocycles. The van der Waals surface area contributed by atoms with Crippen LogP contribution in [0.3, 0.4) is 0 Å². The lowest BCUT2D eigenvalue weighted by atomic mass is 9.79. The Morgan fingerprint density at radius 2 is 1.93 bits per heavy atom. The first kappa shape index (κ1) is 11.0. The molecule has 5 heteroatoms. The summed E-state index contributed by atoms with van der Waals surface area (Å²) in [7, 11) is 0.0737. The zero-order valence-corrected chi connectivity index (χ0v) is 8.01. The van der Waals surface area contributed by atoms with Crippen LogP contribution in [0.25, 0.3) is 0 Å². The van der Waals surface area contributed by atoms with Gasteiger partial charge in [-0.25, -0.2) is 0 Å². The minimum Gasteiger partial charge on any atom is -0.492 e. The van der Waals surface area contributed by atoms with Crippen LogP contribution in [-0.2, 0) is 4.74 Å². The van der Waals surface area contributed by atoms with Crippen LogP contribution in [0.4, 0.5) is 0 Å². The molecule has 1 aromatic carbocycles. The molecule has 76 valence electrons. The normalized spacial score (nSPS) is 9.93. The molecule has 0 aliphatic carbocycles. The molecule has 1 aromatic rings. The summed E-state index contributed by atoms with van der Waals surface area (Å²) >= 11 is 0. The van der Waals surface area contributed by atoms with Gasteiger partial charge in [-0.1, -0.05) is 18.2 Å². The molecule has 2 N–H and O–H groups in total. The molecule has 0 aliphatic heterocycles. The molecule has 0 atom stereocenters. The van der Waals surface area contributed by atoms with Crippen LogP contribution in [0.15, 0.2) is 24.3 Å². The van der Waals surface area contributed by atoms with Gasteiger partial charge in [0, 0.05) is 12.6 Å². The van der Waals surface area contributed by atoms with Gasteiger partial charge in [0.05, 0.1) is 6.61 Å². The number of para-hydroxylation sites is 1. The molecule has 0 bridgehead atoms.